The van der Waals surface area contributed by atoms with Crippen LogP contribution in [0, 0.1) is 0 Å². The van der Waals surface area contributed by atoms with Crippen molar-refractivity contribution in [2.45, 2.75) is 65.5 Å². The minimum Gasteiger partial charge on any atom is -0.354 e. The summed E-state index contributed by atoms with van der Waals surface area (Å²) in [4.78, 5) is 21.6. The normalized spacial score (nSPS) is 23.8. The number of amides is 2. The Morgan fingerprint density at radius 1 is 0.812 bits per heavy atom. The first-order valence-corrected chi connectivity index (χ1v) is 6.12. The Bertz CT molecular complexity index is 197. The van der Waals surface area contributed by atoms with Gasteiger partial charge in [0.2, 0.25) is 11.8 Å². The summed E-state index contributed by atoms with van der Waals surface area (Å²) in [5.41, 5.74) is 0. The van der Waals surface area contributed by atoms with E-state index in [9.17, 15) is 9.59 Å². The van der Waals surface area contributed by atoms with Crippen LogP contribution in [0.5, 0.6) is 0 Å². The third-order valence-electron chi connectivity index (χ3n) is 2.54. The van der Waals surface area contributed by atoms with Crippen LogP contribution in [0.2, 0.25) is 0 Å². The first-order chi connectivity index (χ1) is 7.58. The van der Waals surface area contributed by atoms with Gasteiger partial charge in [-0.3, -0.25) is 9.59 Å². The fourth-order valence-corrected chi connectivity index (χ4v) is 1.96. The van der Waals surface area contributed by atoms with Gasteiger partial charge in [-0.15, -0.1) is 0 Å². The zero-order chi connectivity index (χ0) is 12.6. The highest BCUT2D eigenvalue weighted by Crippen LogP contribution is 2.18. The molecule has 0 aromatic carbocycles. The summed E-state index contributed by atoms with van der Waals surface area (Å²) < 4.78 is 0. The molecule has 1 rings (SSSR count). The molecule has 4 nitrogen and oxygen atoms in total. The molecule has 0 spiro atoms. The quantitative estimate of drug-likeness (QED) is 0.754. The minimum atomic E-state index is 0.0352. The van der Waals surface area contributed by atoms with Gasteiger partial charge in [0.05, 0.1) is 0 Å². The molecule has 16 heavy (non-hydrogen) atoms. The maximum absolute atomic E-state index is 10.8. The van der Waals surface area contributed by atoms with Crippen LogP contribution in [-0.2, 0) is 9.59 Å². The molecule has 4 heteroatoms. The van der Waals surface area contributed by atoms with Gasteiger partial charge in [-0.25, -0.2) is 0 Å². The molecule has 0 aromatic rings. The molecule has 2 N–H and O–H groups in total. The van der Waals surface area contributed by atoms with Crippen LogP contribution < -0.4 is 10.6 Å². The van der Waals surface area contributed by atoms with E-state index in [0.29, 0.717) is 12.1 Å². The molecule has 0 saturated heterocycles. The van der Waals surface area contributed by atoms with Gasteiger partial charge < -0.3 is 10.6 Å². The van der Waals surface area contributed by atoms with E-state index in [-0.39, 0.29) is 11.8 Å². The van der Waals surface area contributed by atoms with Crippen molar-refractivity contribution in [2.24, 2.45) is 0 Å². The van der Waals surface area contributed by atoms with Gasteiger partial charge in [0.1, 0.15) is 0 Å². The van der Waals surface area contributed by atoms with Crippen molar-refractivity contribution >= 4 is 11.8 Å². The first kappa shape index (κ1) is 14.9. The van der Waals surface area contributed by atoms with Gasteiger partial charge in [-0.1, -0.05) is 13.8 Å². The Balaban J connectivity index is 0.00000106. The molecule has 94 valence electrons. The van der Waals surface area contributed by atoms with E-state index >= 15 is 0 Å². The van der Waals surface area contributed by atoms with E-state index in [1.165, 1.54) is 0 Å². The lowest BCUT2D eigenvalue weighted by atomic mass is 9.91. The largest absolute Gasteiger partial charge is 0.354 e. The molecule has 1 saturated carbocycles. The molecule has 0 atom stereocenters. The highest BCUT2D eigenvalue weighted by Gasteiger charge is 2.21. The fraction of sp³-hybridized carbons (Fsp3) is 0.833. The van der Waals surface area contributed by atoms with Crippen molar-refractivity contribution in [3.63, 3.8) is 0 Å². The minimum absolute atomic E-state index is 0.0352. The second-order valence-electron chi connectivity index (χ2n) is 3.95. The van der Waals surface area contributed by atoms with E-state index in [1.54, 1.807) is 13.8 Å². The average Bonchev–Trinajstić information content (AvgIpc) is 2.22. The third-order valence-corrected chi connectivity index (χ3v) is 2.54. The maximum Gasteiger partial charge on any atom is 0.217 e. The summed E-state index contributed by atoms with van der Waals surface area (Å²) in [5, 5.41) is 5.81. The van der Waals surface area contributed by atoms with Gasteiger partial charge in [0, 0.05) is 25.9 Å². The lowest BCUT2D eigenvalue weighted by molar-refractivity contribution is -0.121. The average molecular weight is 228 g/mol. The molecule has 0 aromatic heterocycles. The number of nitrogens with one attached hydrogen (secondary N) is 2. The summed E-state index contributed by atoms with van der Waals surface area (Å²) in [6.45, 7) is 7.08. The number of hydrogen-bond donors (Lipinski definition) is 2. The number of carbonyl (C=O) groups excluding carboxylic acids is 2. The molecular formula is C12H24N2O2. The summed E-state index contributed by atoms with van der Waals surface area (Å²) in [6.07, 6.45) is 3.85. The second kappa shape index (κ2) is 8.13. The number of hydrogen-bond acceptors (Lipinski definition) is 2. The highest BCUT2D eigenvalue weighted by molar-refractivity contribution is 5.73. The Hall–Kier alpha value is -1.06. The van der Waals surface area contributed by atoms with Crippen molar-refractivity contribution in [1.29, 1.82) is 0 Å². The van der Waals surface area contributed by atoms with Crippen molar-refractivity contribution in [2.75, 3.05) is 0 Å². The van der Waals surface area contributed by atoms with Crippen LogP contribution in [0.15, 0.2) is 0 Å². The van der Waals surface area contributed by atoms with Gasteiger partial charge in [0.25, 0.3) is 0 Å². The Morgan fingerprint density at radius 2 is 1.06 bits per heavy atom. The van der Waals surface area contributed by atoms with E-state index in [1.807, 2.05) is 13.8 Å². The van der Waals surface area contributed by atoms with E-state index in [4.69, 9.17) is 0 Å². The topological polar surface area (TPSA) is 58.2 Å². The van der Waals surface area contributed by atoms with Crippen LogP contribution in [0.25, 0.3) is 0 Å². The monoisotopic (exact) mass is 228 g/mol. The van der Waals surface area contributed by atoms with Gasteiger partial charge in [-0.2, -0.15) is 0 Å². The lowest BCUT2D eigenvalue weighted by Gasteiger charge is -2.29. The highest BCUT2D eigenvalue weighted by atomic mass is 16.2. The standard InChI is InChI=1S/C10H18N2O2.C2H6/c1-7(13)11-9-3-5-10(6-4-9)12-8(2)14;1-2/h9-10H,3-6H2,1-2H3,(H,11,13)(H,12,14);1-2H3. The van der Waals surface area contributed by atoms with Crippen molar-refractivity contribution in [3.05, 3.63) is 0 Å². The Labute approximate surface area is 98.2 Å². The van der Waals surface area contributed by atoms with Crippen LogP contribution >= 0.6 is 0 Å². The first-order valence-electron chi connectivity index (χ1n) is 6.12. The van der Waals surface area contributed by atoms with Gasteiger partial charge in [0.15, 0.2) is 0 Å². The molecule has 0 unspecified atom stereocenters. The maximum atomic E-state index is 10.8. The molecule has 0 bridgehead atoms. The van der Waals surface area contributed by atoms with Gasteiger partial charge in [-0.05, 0) is 25.7 Å². The molecule has 1 aliphatic carbocycles. The van der Waals surface area contributed by atoms with E-state index < -0.39 is 0 Å². The molecule has 1 aliphatic rings. The Kier molecular flexibility index (Phi) is 7.60. The summed E-state index contributed by atoms with van der Waals surface area (Å²) in [6, 6.07) is 0.606. The van der Waals surface area contributed by atoms with Crippen molar-refractivity contribution < 1.29 is 9.59 Å². The molecule has 2 amide bonds. The zero-order valence-corrected chi connectivity index (χ0v) is 10.8. The number of carbonyl (C=O) groups is 2. The predicted octanol–water partition coefficient (Wildman–Crippen LogP) is 1.60. The predicted molar refractivity (Wildman–Crippen MR) is 65.0 cm³/mol. The van der Waals surface area contributed by atoms with Crippen LogP contribution in [0.4, 0.5) is 0 Å². The molecule has 0 radical (unpaired) electrons. The van der Waals surface area contributed by atoms with Crippen molar-refractivity contribution in [3.8, 4) is 0 Å². The summed E-state index contributed by atoms with van der Waals surface area (Å²) in [5.74, 6) is 0.0703. The van der Waals surface area contributed by atoms with Crippen LogP contribution in [0.1, 0.15) is 53.4 Å². The van der Waals surface area contributed by atoms with Crippen molar-refractivity contribution in [1.82, 2.24) is 10.6 Å². The number of rotatable bonds is 2. The van der Waals surface area contributed by atoms with E-state index in [0.717, 1.165) is 25.7 Å². The molecular weight excluding hydrogens is 204 g/mol. The summed E-state index contributed by atoms with van der Waals surface area (Å²) in [7, 11) is 0. The second-order valence-corrected chi connectivity index (χ2v) is 3.95. The molecule has 1 fully saturated rings. The lowest BCUT2D eigenvalue weighted by Crippen LogP contribution is -2.42. The van der Waals surface area contributed by atoms with Crippen LogP contribution in [0.3, 0.4) is 0 Å². The summed E-state index contributed by atoms with van der Waals surface area (Å²) >= 11 is 0. The zero-order valence-electron chi connectivity index (χ0n) is 10.8. The van der Waals surface area contributed by atoms with Gasteiger partial charge >= 0.3 is 0 Å². The SMILES string of the molecule is CC.CC(=O)NC1CCC(NC(C)=O)CC1. The molecule has 0 aliphatic heterocycles. The molecule has 0 heterocycles. The Morgan fingerprint density at radius 3 is 1.25 bits per heavy atom. The third kappa shape index (κ3) is 6.43. The fourth-order valence-electron chi connectivity index (χ4n) is 1.96. The smallest absolute Gasteiger partial charge is 0.217 e. The van der Waals surface area contributed by atoms with Crippen LogP contribution in [-0.4, -0.2) is 23.9 Å². The van der Waals surface area contributed by atoms with E-state index in [2.05, 4.69) is 10.6 Å².